The number of hydrogen-bond acceptors (Lipinski definition) is 4. The third-order valence-corrected chi connectivity index (χ3v) is 2.81. The monoisotopic (exact) mass is 266 g/mol. The largest absolute Gasteiger partial charge is 0.329 e. The lowest BCUT2D eigenvalue weighted by Gasteiger charge is -2.00. The van der Waals surface area contributed by atoms with Gasteiger partial charge in [0.1, 0.15) is 5.69 Å². The highest BCUT2D eigenvalue weighted by atomic mass is 35.5. The van der Waals surface area contributed by atoms with Gasteiger partial charge in [-0.25, -0.2) is 4.68 Å². The van der Waals surface area contributed by atoms with Crippen molar-refractivity contribution in [3.05, 3.63) is 45.5 Å². The van der Waals surface area contributed by atoms with Gasteiger partial charge in [0, 0.05) is 18.3 Å². The highest BCUT2D eigenvalue weighted by Gasteiger charge is 2.28. The van der Waals surface area contributed by atoms with E-state index in [2.05, 4.69) is 10.1 Å². The predicted octanol–water partition coefficient (Wildman–Crippen LogP) is 2.95. The first kappa shape index (κ1) is 12.5. The van der Waals surface area contributed by atoms with Crippen LogP contribution in [0.2, 0.25) is 5.15 Å². The van der Waals surface area contributed by atoms with Crippen LogP contribution in [0.5, 0.6) is 0 Å². The van der Waals surface area contributed by atoms with Crippen molar-refractivity contribution in [2.24, 2.45) is 0 Å². The fraction of sp³-hybridized carbons (Fsp3) is 0.273. The van der Waals surface area contributed by atoms with E-state index in [9.17, 15) is 10.1 Å². The van der Waals surface area contributed by atoms with E-state index in [1.165, 1.54) is 4.68 Å². The summed E-state index contributed by atoms with van der Waals surface area (Å²) in [5.74, 6) is -0.0778. The average Bonchev–Trinajstić information content (AvgIpc) is 2.68. The number of nitrogens with zero attached hydrogens (tertiary/aromatic N) is 4. The number of pyridine rings is 1. The average molecular weight is 267 g/mol. The second kappa shape index (κ2) is 4.73. The van der Waals surface area contributed by atoms with Crippen LogP contribution in [-0.2, 0) is 0 Å². The van der Waals surface area contributed by atoms with Crippen molar-refractivity contribution in [1.29, 1.82) is 0 Å². The maximum absolute atomic E-state index is 11.0. The van der Waals surface area contributed by atoms with Gasteiger partial charge in [0.2, 0.25) is 5.15 Å². The summed E-state index contributed by atoms with van der Waals surface area (Å²) < 4.78 is 1.36. The molecule has 0 unspecified atom stereocenters. The molecule has 0 saturated heterocycles. The first-order valence-corrected chi connectivity index (χ1v) is 5.73. The second-order valence-corrected chi connectivity index (χ2v) is 4.41. The molecule has 2 aromatic rings. The molecule has 6 nitrogen and oxygen atoms in total. The zero-order valence-corrected chi connectivity index (χ0v) is 10.6. The van der Waals surface area contributed by atoms with E-state index in [4.69, 9.17) is 11.6 Å². The third kappa shape index (κ3) is 2.06. The predicted molar refractivity (Wildman–Crippen MR) is 67.1 cm³/mol. The third-order valence-electron chi connectivity index (χ3n) is 2.47. The molecule has 0 radical (unpaired) electrons. The molecule has 94 valence electrons. The molecule has 0 spiro atoms. The van der Waals surface area contributed by atoms with Crippen LogP contribution in [0.1, 0.15) is 25.5 Å². The zero-order valence-electron chi connectivity index (χ0n) is 9.87. The molecule has 7 heteroatoms. The molecule has 0 aromatic carbocycles. The zero-order chi connectivity index (χ0) is 13.3. The van der Waals surface area contributed by atoms with Gasteiger partial charge in [-0.05, 0) is 12.1 Å². The van der Waals surface area contributed by atoms with Crippen LogP contribution >= 0.6 is 11.6 Å². The van der Waals surface area contributed by atoms with E-state index >= 15 is 0 Å². The Kier molecular flexibility index (Phi) is 3.29. The number of hydrogen-bond donors (Lipinski definition) is 0. The van der Waals surface area contributed by atoms with Crippen molar-refractivity contribution in [3.8, 4) is 5.69 Å². The van der Waals surface area contributed by atoms with Gasteiger partial charge < -0.3 is 0 Å². The molecule has 2 rings (SSSR count). The van der Waals surface area contributed by atoms with Crippen molar-refractivity contribution in [1.82, 2.24) is 14.8 Å². The maximum atomic E-state index is 11.0. The number of rotatable bonds is 3. The van der Waals surface area contributed by atoms with Crippen LogP contribution in [0.3, 0.4) is 0 Å². The van der Waals surface area contributed by atoms with Gasteiger partial charge in [0.05, 0.1) is 10.6 Å². The molecule has 0 saturated carbocycles. The Balaban J connectivity index is 2.64. The number of aromatic nitrogens is 3. The smallest absolute Gasteiger partial charge is 0.265 e. The van der Waals surface area contributed by atoms with Crippen molar-refractivity contribution in [2.45, 2.75) is 19.8 Å². The molecule has 18 heavy (non-hydrogen) atoms. The van der Waals surface area contributed by atoms with E-state index in [1.54, 1.807) is 24.5 Å². The summed E-state index contributed by atoms with van der Waals surface area (Å²) in [5, 5.41) is 15.3. The van der Waals surface area contributed by atoms with Gasteiger partial charge in [-0.1, -0.05) is 25.4 Å². The van der Waals surface area contributed by atoms with Gasteiger partial charge in [-0.2, -0.15) is 5.10 Å². The normalized spacial score (nSPS) is 10.9. The van der Waals surface area contributed by atoms with Crippen LogP contribution in [-0.4, -0.2) is 19.7 Å². The van der Waals surface area contributed by atoms with Gasteiger partial charge in [-0.15, -0.1) is 0 Å². The van der Waals surface area contributed by atoms with Gasteiger partial charge in [0.15, 0.2) is 0 Å². The molecule has 0 atom stereocenters. The van der Waals surface area contributed by atoms with Gasteiger partial charge >= 0.3 is 5.69 Å². The quantitative estimate of drug-likeness (QED) is 0.632. The van der Waals surface area contributed by atoms with E-state index in [0.29, 0.717) is 11.4 Å². The van der Waals surface area contributed by atoms with E-state index in [1.807, 2.05) is 13.8 Å². The summed E-state index contributed by atoms with van der Waals surface area (Å²) in [6.45, 7) is 3.67. The van der Waals surface area contributed by atoms with Crippen LogP contribution in [0, 0.1) is 10.1 Å². The fourth-order valence-corrected chi connectivity index (χ4v) is 1.92. The Morgan fingerprint density at radius 1 is 1.39 bits per heavy atom. The summed E-state index contributed by atoms with van der Waals surface area (Å²) in [6, 6.07) is 3.37. The van der Waals surface area contributed by atoms with Crippen molar-refractivity contribution >= 4 is 17.3 Å². The summed E-state index contributed by atoms with van der Waals surface area (Å²) in [6.07, 6.45) is 3.16. The Hall–Kier alpha value is -1.95. The van der Waals surface area contributed by atoms with Crippen LogP contribution in [0.15, 0.2) is 24.5 Å². The first-order chi connectivity index (χ1) is 8.52. The molecular formula is C11H11ClN4O2. The standard InChI is InChI=1S/C11H11ClN4O2/c1-7(2)9-10(16(17)18)11(12)15(14-9)8-3-5-13-6-4-8/h3-7H,1-2H3. The van der Waals surface area contributed by atoms with Crippen molar-refractivity contribution < 1.29 is 4.92 Å². The second-order valence-electron chi connectivity index (χ2n) is 4.05. The molecule has 0 fully saturated rings. The summed E-state index contributed by atoms with van der Waals surface area (Å²) in [7, 11) is 0. The summed E-state index contributed by atoms with van der Waals surface area (Å²) in [4.78, 5) is 14.4. The molecule has 2 heterocycles. The Bertz CT molecular complexity index is 580. The van der Waals surface area contributed by atoms with Crippen LogP contribution in [0.25, 0.3) is 5.69 Å². The van der Waals surface area contributed by atoms with E-state index < -0.39 is 4.92 Å². The molecule has 0 aliphatic heterocycles. The Morgan fingerprint density at radius 3 is 2.44 bits per heavy atom. The first-order valence-electron chi connectivity index (χ1n) is 5.35. The minimum absolute atomic E-state index is 0.00917. The molecule has 0 amide bonds. The van der Waals surface area contributed by atoms with Crippen LogP contribution in [0.4, 0.5) is 5.69 Å². The Morgan fingerprint density at radius 2 is 2.00 bits per heavy atom. The maximum Gasteiger partial charge on any atom is 0.329 e. The molecular weight excluding hydrogens is 256 g/mol. The topological polar surface area (TPSA) is 73.8 Å². The van der Waals surface area contributed by atoms with Crippen molar-refractivity contribution in [3.63, 3.8) is 0 Å². The molecule has 0 aliphatic carbocycles. The Labute approximate surface area is 108 Å². The van der Waals surface area contributed by atoms with Crippen molar-refractivity contribution in [2.75, 3.05) is 0 Å². The lowest BCUT2D eigenvalue weighted by atomic mass is 10.1. The lowest BCUT2D eigenvalue weighted by Crippen LogP contribution is -1.98. The molecule has 2 aromatic heterocycles. The number of halogens is 1. The fourth-order valence-electron chi connectivity index (χ4n) is 1.62. The highest BCUT2D eigenvalue weighted by molar-refractivity contribution is 6.32. The summed E-state index contributed by atoms with van der Waals surface area (Å²) in [5.41, 5.74) is 0.885. The minimum Gasteiger partial charge on any atom is -0.265 e. The summed E-state index contributed by atoms with van der Waals surface area (Å²) >= 11 is 6.04. The molecule has 0 aliphatic rings. The minimum atomic E-state index is -0.498. The highest BCUT2D eigenvalue weighted by Crippen LogP contribution is 2.34. The van der Waals surface area contributed by atoms with E-state index in [0.717, 1.165) is 0 Å². The van der Waals surface area contributed by atoms with Gasteiger partial charge in [0.25, 0.3) is 0 Å². The lowest BCUT2D eigenvalue weighted by molar-refractivity contribution is -0.385. The molecule has 0 bridgehead atoms. The van der Waals surface area contributed by atoms with Crippen LogP contribution < -0.4 is 0 Å². The SMILES string of the molecule is CC(C)c1nn(-c2ccncc2)c(Cl)c1[N+](=O)[O-]. The number of nitro groups is 1. The van der Waals surface area contributed by atoms with Gasteiger partial charge in [-0.3, -0.25) is 15.1 Å². The molecule has 0 N–H and O–H groups in total. The van der Waals surface area contributed by atoms with E-state index in [-0.39, 0.29) is 16.8 Å².